The number of carbonyl (C=O) groups is 3. The van der Waals surface area contributed by atoms with Crippen molar-refractivity contribution in [3.63, 3.8) is 0 Å². The van der Waals surface area contributed by atoms with E-state index in [1.807, 2.05) is 32.9 Å². The van der Waals surface area contributed by atoms with Crippen molar-refractivity contribution in [2.45, 2.75) is 44.8 Å². The van der Waals surface area contributed by atoms with Crippen molar-refractivity contribution in [2.24, 2.45) is 4.99 Å². The topological polar surface area (TPSA) is 85.8 Å². The first kappa shape index (κ1) is 23.6. The van der Waals surface area contributed by atoms with Crippen molar-refractivity contribution in [1.82, 2.24) is 14.7 Å². The van der Waals surface area contributed by atoms with Crippen LogP contribution in [0, 0.1) is 0 Å². The number of aliphatic imine (C=N–C) groups is 1. The first-order chi connectivity index (χ1) is 14.9. The fourth-order valence-corrected chi connectivity index (χ4v) is 4.11. The van der Waals surface area contributed by atoms with Crippen LogP contribution in [-0.2, 0) is 9.53 Å². The van der Waals surface area contributed by atoms with E-state index in [1.165, 1.54) is 6.34 Å². The average Bonchev–Trinajstić information content (AvgIpc) is 2.96. The summed E-state index contributed by atoms with van der Waals surface area (Å²) in [5.41, 5.74) is 0.0836. The van der Waals surface area contributed by atoms with Crippen molar-refractivity contribution in [1.29, 1.82) is 0 Å². The van der Waals surface area contributed by atoms with Gasteiger partial charge >= 0.3 is 6.09 Å². The van der Waals surface area contributed by atoms with Crippen molar-refractivity contribution in [2.75, 3.05) is 45.8 Å². The molecule has 0 N–H and O–H groups in total. The second-order valence-electron chi connectivity index (χ2n) is 9.63. The van der Waals surface area contributed by atoms with Gasteiger partial charge in [-0.15, -0.1) is 0 Å². The third-order valence-corrected chi connectivity index (χ3v) is 5.69. The number of likely N-dealkylation sites (N-methyl/N-ethyl adjacent to an activating group) is 1. The predicted octanol–water partition coefficient (Wildman–Crippen LogP) is 2.42. The van der Waals surface area contributed by atoms with Gasteiger partial charge in [0.25, 0.3) is 5.91 Å². The van der Waals surface area contributed by atoms with Crippen LogP contribution in [0.15, 0.2) is 29.3 Å². The van der Waals surface area contributed by atoms with Crippen LogP contribution < -0.4 is 4.90 Å². The second-order valence-corrected chi connectivity index (χ2v) is 9.63. The van der Waals surface area contributed by atoms with Crippen molar-refractivity contribution < 1.29 is 19.1 Å². The summed E-state index contributed by atoms with van der Waals surface area (Å²) in [5, 5.41) is 0. The molecule has 0 radical (unpaired) electrons. The molecule has 0 unspecified atom stereocenters. The highest BCUT2D eigenvalue weighted by atomic mass is 16.6. The Morgan fingerprint density at radius 3 is 2.25 bits per heavy atom. The summed E-state index contributed by atoms with van der Waals surface area (Å²) in [4.78, 5) is 48.9. The van der Waals surface area contributed by atoms with Gasteiger partial charge in [-0.25, -0.2) is 4.79 Å². The summed E-state index contributed by atoms with van der Waals surface area (Å²) in [7, 11) is 5.39. The van der Waals surface area contributed by atoms with Crippen LogP contribution >= 0.6 is 0 Å². The number of hydrogen-bond donors (Lipinski definition) is 0. The van der Waals surface area contributed by atoms with E-state index < -0.39 is 11.1 Å². The Balaban J connectivity index is 1.77. The third-order valence-electron chi connectivity index (χ3n) is 5.69. The van der Waals surface area contributed by atoms with Crippen LogP contribution in [0.3, 0.4) is 0 Å². The van der Waals surface area contributed by atoms with Gasteiger partial charge in [-0.2, -0.15) is 4.99 Å². The molecule has 0 bridgehead atoms. The van der Waals surface area contributed by atoms with Gasteiger partial charge in [-0.3, -0.25) is 9.59 Å². The van der Waals surface area contributed by atoms with Crippen LogP contribution in [0.1, 0.15) is 44.0 Å². The maximum Gasteiger partial charge on any atom is 0.410 e. The molecular formula is C23H33N5O4. The normalized spacial score (nSPS) is 18.6. The lowest BCUT2D eigenvalue weighted by molar-refractivity contribution is -0.132. The Hall–Kier alpha value is -3.10. The number of piperidine rings is 1. The van der Waals surface area contributed by atoms with Crippen LogP contribution in [0.25, 0.3) is 0 Å². The number of amides is 3. The van der Waals surface area contributed by atoms with Gasteiger partial charge in [-0.1, -0.05) is 0 Å². The maximum atomic E-state index is 13.2. The fraction of sp³-hybridized carbons (Fsp3) is 0.565. The van der Waals surface area contributed by atoms with Gasteiger partial charge < -0.3 is 24.3 Å². The zero-order valence-corrected chi connectivity index (χ0v) is 19.8. The molecule has 9 nitrogen and oxygen atoms in total. The lowest BCUT2D eigenvalue weighted by atomic mass is 9.85. The third kappa shape index (κ3) is 4.87. The lowest BCUT2D eigenvalue weighted by Gasteiger charge is -2.43. The Morgan fingerprint density at radius 2 is 1.72 bits per heavy atom. The smallest absolute Gasteiger partial charge is 0.410 e. The highest BCUT2D eigenvalue weighted by Gasteiger charge is 2.53. The first-order valence-electron chi connectivity index (χ1n) is 10.8. The zero-order valence-electron chi connectivity index (χ0n) is 19.8. The Kier molecular flexibility index (Phi) is 6.48. The highest BCUT2D eigenvalue weighted by molar-refractivity contribution is 5.99. The van der Waals surface area contributed by atoms with E-state index in [0.717, 1.165) is 5.69 Å². The Labute approximate surface area is 189 Å². The molecule has 1 aromatic carbocycles. The highest BCUT2D eigenvalue weighted by Crippen LogP contribution is 2.39. The van der Waals surface area contributed by atoms with Crippen LogP contribution in [0.2, 0.25) is 0 Å². The number of likely N-dealkylation sites (tertiary alicyclic amines) is 1. The molecule has 3 amide bonds. The van der Waals surface area contributed by atoms with Crippen LogP contribution in [0.4, 0.5) is 10.5 Å². The van der Waals surface area contributed by atoms with Crippen LogP contribution in [0.5, 0.6) is 0 Å². The number of carbonyl (C=O) groups excluding carboxylic acids is 3. The zero-order chi connectivity index (χ0) is 23.7. The largest absolute Gasteiger partial charge is 0.444 e. The SMILES string of the molecule is CN(C)C=NC(=O)c1ccc(N2CN(C)C(=O)C23CCN(C(=O)OC(C)(C)C)CC3)cc1. The maximum absolute atomic E-state index is 13.2. The van der Waals surface area contributed by atoms with Gasteiger partial charge in [0.1, 0.15) is 11.1 Å². The average molecular weight is 444 g/mol. The first-order valence-corrected chi connectivity index (χ1v) is 10.8. The number of hydrogen-bond acceptors (Lipinski definition) is 5. The van der Waals surface area contributed by atoms with Gasteiger partial charge in [-0.05, 0) is 57.9 Å². The Morgan fingerprint density at radius 1 is 1.12 bits per heavy atom. The lowest BCUT2D eigenvalue weighted by Crippen LogP contribution is -2.57. The molecule has 1 aromatic rings. The van der Waals surface area contributed by atoms with Gasteiger partial charge in [0.2, 0.25) is 5.91 Å². The summed E-state index contributed by atoms with van der Waals surface area (Å²) in [6.45, 7) is 6.87. The molecule has 0 aromatic heterocycles. The molecule has 2 aliphatic rings. The minimum absolute atomic E-state index is 0.0528. The van der Waals surface area contributed by atoms with Gasteiger partial charge in [0.15, 0.2) is 0 Å². The van der Waals surface area contributed by atoms with Crippen molar-refractivity contribution in [3.05, 3.63) is 29.8 Å². The number of nitrogens with zero attached hydrogens (tertiary/aromatic N) is 5. The molecular weight excluding hydrogens is 410 g/mol. The van der Waals surface area contributed by atoms with Gasteiger partial charge in [0.05, 0.1) is 13.0 Å². The summed E-state index contributed by atoms with van der Waals surface area (Å²) in [6, 6.07) is 7.17. The minimum Gasteiger partial charge on any atom is -0.444 e. The van der Waals surface area contributed by atoms with Crippen molar-refractivity contribution >= 4 is 29.9 Å². The molecule has 32 heavy (non-hydrogen) atoms. The van der Waals surface area contributed by atoms with E-state index in [1.54, 1.807) is 48.0 Å². The quantitative estimate of drug-likeness (QED) is 0.527. The summed E-state index contributed by atoms with van der Waals surface area (Å²) < 4.78 is 5.49. The molecule has 1 spiro atoms. The molecule has 3 rings (SSSR count). The van der Waals surface area contributed by atoms with E-state index in [-0.39, 0.29) is 17.9 Å². The van der Waals surface area contributed by atoms with E-state index in [4.69, 9.17) is 4.74 Å². The standard InChI is InChI=1S/C23H33N5O4/c1-22(2,3)32-21(31)27-13-11-23(12-14-27)20(30)26(6)16-28(23)18-9-7-17(8-10-18)19(29)24-15-25(4)5/h7-10,15H,11-14,16H2,1-6H3. The van der Waals surface area contributed by atoms with Gasteiger partial charge in [0, 0.05) is 45.5 Å². The summed E-state index contributed by atoms with van der Waals surface area (Å²) in [5.74, 6) is -0.266. The van der Waals surface area contributed by atoms with E-state index in [9.17, 15) is 14.4 Å². The Bertz CT molecular complexity index is 896. The molecule has 0 aliphatic carbocycles. The molecule has 2 aliphatic heterocycles. The van der Waals surface area contributed by atoms with E-state index >= 15 is 0 Å². The fourth-order valence-electron chi connectivity index (χ4n) is 4.11. The second kappa shape index (κ2) is 8.80. The molecule has 0 atom stereocenters. The molecule has 9 heteroatoms. The minimum atomic E-state index is -0.706. The van der Waals surface area contributed by atoms with Crippen LogP contribution in [-0.4, -0.2) is 91.0 Å². The molecule has 2 fully saturated rings. The monoisotopic (exact) mass is 443 g/mol. The number of rotatable bonds is 3. The predicted molar refractivity (Wildman–Crippen MR) is 123 cm³/mol. The summed E-state index contributed by atoms with van der Waals surface area (Å²) in [6.07, 6.45) is 2.16. The van der Waals surface area contributed by atoms with E-state index in [2.05, 4.69) is 9.89 Å². The van der Waals surface area contributed by atoms with Crippen molar-refractivity contribution in [3.8, 4) is 0 Å². The molecule has 2 saturated heterocycles. The molecule has 0 saturated carbocycles. The molecule has 174 valence electrons. The number of benzene rings is 1. The molecule has 2 heterocycles. The summed E-state index contributed by atoms with van der Waals surface area (Å²) >= 11 is 0. The van der Waals surface area contributed by atoms with E-state index in [0.29, 0.717) is 38.2 Å². The number of ether oxygens (including phenoxy) is 1. The number of anilines is 1.